The van der Waals surface area contributed by atoms with Crippen LogP contribution >= 0.6 is 0 Å². The van der Waals surface area contributed by atoms with Gasteiger partial charge in [0.1, 0.15) is 5.75 Å². The number of rotatable bonds is 4. The van der Waals surface area contributed by atoms with Gasteiger partial charge in [-0.15, -0.1) is 5.10 Å². The van der Waals surface area contributed by atoms with Crippen molar-refractivity contribution < 1.29 is 9.64 Å². The molecule has 0 radical (unpaired) electrons. The standard InChI is InChI=1S/C20H26N6O2/c1-20(2,3)26-18(22-23-24-26)17(25-9-5-6-10-25)15-12-13-11-14(28-4)7-8-16(13)21-19(15)27/h7-8,11-12,17H,5-6,9-10H2,1-4H3,(H,21,27)/p+1/t17-/m0/s1. The van der Waals surface area contributed by atoms with Gasteiger partial charge in [-0.2, -0.15) is 0 Å². The number of hydrogen-bond donors (Lipinski definition) is 2. The normalized spacial score (nSPS) is 16.6. The number of ether oxygens (including phenoxy) is 1. The number of methoxy groups -OCH3 is 1. The lowest BCUT2D eigenvalue weighted by Crippen LogP contribution is -3.10. The number of aromatic nitrogens is 5. The number of aromatic amines is 1. The van der Waals surface area contributed by atoms with Crippen LogP contribution in [0.25, 0.3) is 10.9 Å². The molecular formula is C20H27N6O2+. The van der Waals surface area contributed by atoms with Gasteiger partial charge in [-0.3, -0.25) is 4.79 Å². The number of H-pyrrole nitrogens is 1. The third kappa shape index (κ3) is 3.28. The predicted octanol–water partition coefficient (Wildman–Crippen LogP) is 1.05. The maximum atomic E-state index is 13.1. The van der Waals surface area contributed by atoms with Crippen LogP contribution in [0.4, 0.5) is 0 Å². The lowest BCUT2D eigenvalue weighted by atomic mass is 10.0. The average Bonchev–Trinajstić information content (AvgIpc) is 3.34. The van der Waals surface area contributed by atoms with Gasteiger partial charge in [0.25, 0.3) is 5.56 Å². The number of nitrogens with zero attached hydrogens (tertiary/aromatic N) is 4. The Kier molecular flexibility index (Phi) is 4.66. The van der Waals surface area contributed by atoms with Crippen molar-refractivity contribution in [2.45, 2.75) is 45.2 Å². The second-order valence-electron chi connectivity index (χ2n) is 8.43. The van der Waals surface area contributed by atoms with Gasteiger partial charge in [0.2, 0.25) is 5.82 Å². The van der Waals surface area contributed by atoms with Crippen LogP contribution in [0.15, 0.2) is 29.1 Å². The van der Waals surface area contributed by atoms with E-state index in [-0.39, 0.29) is 17.1 Å². The summed E-state index contributed by atoms with van der Waals surface area (Å²) >= 11 is 0. The van der Waals surface area contributed by atoms with Crippen molar-refractivity contribution in [2.75, 3.05) is 20.2 Å². The van der Waals surface area contributed by atoms with E-state index >= 15 is 0 Å². The van der Waals surface area contributed by atoms with Gasteiger partial charge in [0, 0.05) is 23.7 Å². The molecule has 1 aromatic carbocycles. The van der Waals surface area contributed by atoms with Crippen molar-refractivity contribution in [3.8, 4) is 5.75 Å². The fourth-order valence-corrected chi connectivity index (χ4v) is 4.05. The Balaban J connectivity index is 1.91. The van der Waals surface area contributed by atoms with Crippen molar-refractivity contribution in [2.24, 2.45) is 0 Å². The highest BCUT2D eigenvalue weighted by Crippen LogP contribution is 2.24. The van der Waals surface area contributed by atoms with Gasteiger partial charge in [-0.05, 0) is 55.5 Å². The number of hydrogen-bond acceptors (Lipinski definition) is 5. The number of tetrazole rings is 1. The fraction of sp³-hybridized carbons (Fsp3) is 0.500. The topological polar surface area (TPSA) is 90.1 Å². The van der Waals surface area contributed by atoms with Crippen LogP contribution in [0.1, 0.15) is 51.0 Å². The molecule has 4 rings (SSSR count). The predicted molar refractivity (Wildman–Crippen MR) is 106 cm³/mol. The zero-order valence-electron chi connectivity index (χ0n) is 16.8. The quantitative estimate of drug-likeness (QED) is 0.703. The highest BCUT2D eigenvalue weighted by molar-refractivity contribution is 5.80. The molecule has 1 saturated heterocycles. The Labute approximate surface area is 163 Å². The van der Waals surface area contributed by atoms with Crippen molar-refractivity contribution >= 4 is 10.9 Å². The lowest BCUT2D eigenvalue weighted by molar-refractivity contribution is -0.914. The minimum absolute atomic E-state index is 0.0921. The lowest BCUT2D eigenvalue weighted by Gasteiger charge is -2.27. The molecule has 1 aliphatic heterocycles. The Bertz CT molecular complexity index is 1040. The van der Waals surface area contributed by atoms with Crippen LogP contribution < -0.4 is 15.2 Å². The molecule has 0 aliphatic carbocycles. The number of benzene rings is 1. The van der Waals surface area contributed by atoms with E-state index < -0.39 is 0 Å². The molecule has 0 bridgehead atoms. The minimum atomic E-state index is -0.275. The molecule has 148 valence electrons. The number of fused-ring (bicyclic) bond motifs is 1. The third-order valence-corrected chi connectivity index (χ3v) is 5.43. The first-order valence-corrected chi connectivity index (χ1v) is 9.73. The van der Waals surface area contributed by atoms with Gasteiger partial charge in [0.15, 0.2) is 6.04 Å². The Morgan fingerprint density at radius 2 is 1.96 bits per heavy atom. The van der Waals surface area contributed by atoms with Gasteiger partial charge < -0.3 is 14.6 Å². The number of quaternary nitrogens is 1. The molecule has 8 heteroatoms. The SMILES string of the molecule is COc1ccc2[nH]c(=O)c([C@@H](c3nnnn3C(C)(C)C)[NH+]3CCCC3)cc2c1. The number of nitrogens with one attached hydrogen (secondary N) is 2. The Morgan fingerprint density at radius 3 is 2.64 bits per heavy atom. The van der Waals surface area contributed by atoms with E-state index in [1.54, 1.807) is 7.11 Å². The molecule has 28 heavy (non-hydrogen) atoms. The third-order valence-electron chi connectivity index (χ3n) is 5.43. The van der Waals surface area contributed by atoms with Crippen LogP contribution in [0, 0.1) is 0 Å². The molecule has 0 spiro atoms. The highest BCUT2D eigenvalue weighted by Gasteiger charge is 2.37. The first-order valence-electron chi connectivity index (χ1n) is 9.73. The Hall–Kier alpha value is -2.74. The first kappa shape index (κ1) is 18.6. The zero-order valence-corrected chi connectivity index (χ0v) is 16.8. The summed E-state index contributed by atoms with van der Waals surface area (Å²) in [6, 6.07) is 7.42. The minimum Gasteiger partial charge on any atom is -0.497 e. The smallest absolute Gasteiger partial charge is 0.258 e. The van der Waals surface area contributed by atoms with E-state index in [9.17, 15) is 4.79 Å². The fourth-order valence-electron chi connectivity index (χ4n) is 4.05. The maximum absolute atomic E-state index is 13.1. The summed E-state index contributed by atoms with van der Waals surface area (Å²) in [5.74, 6) is 1.49. The first-order chi connectivity index (χ1) is 13.4. The van der Waals surface area contributed by atoms with Crippen molar-refractivity contribution in [3.05, 3.63) is 46.0 Å². The van der Waals surface area contributed by atoms with Crippen molar-refractivity contribution in [1.82, 2.24) is 25.2 Å². The van der Waals surface area contributed by atoms with Crippen LogP contribution in [0.2, 0.25) is 0 Å². The van der Waals surface area contributed by atoms with Gasteiger partial charge >= 0.3 is 0 Å². The largest absolute Gasteiger partial charge is 0.497 e. The molecule has 0 amide bonds. The van der Waals surface area contributed by atoms with Gasteiger partial charge in [-0.25, -0.2) is 4.68 Å². The highest BCUT2D eigenvalue weighted by atomic mass is 16.5. The summed E-state index contributed by atoms with van der Waals surface area (Å²) < 4.78 is 7.20. The summed E-state index contributed by atoms with van der Waals surface area (Å²) in [6.07, 6.45) is 2.28. The van der Waals surface area contributed by atoms with Crippen molar-refractivity contribution in [1.29, 1.82) is 0 Å². The van der Waals surface area contributed by atoms with E-state index in [1.165, 1.54) is 4.90 Å². The molecule has 3 aromatic rings. The molecule has 0 saturated carbocycles. The second kappa shape index (κ2) is 7.01. The number of pyridine rings is 1. The molecule has 1 aliphatic rings. The van der Waals surface area contributed by atoms with Crippen molar-refractivity contribution in [3.63, 3.8) is 0 Å². The summed E-state index contributed by atoms with van der Waals surface area (Å²) in [7, 11) is 1.64. The van der Waals surface area contributed by atoms with E-state index in [0.717, 1.165) is 48.4 Å². The Morgan fingerprint density at radius 1 is 1.21 bits per heavy atom. The zero-order chi connectivity index (χ0) is 19.9. The molecule has 1 fully saturated rings. The molecule has 2 aromatic heterocycles. The summed E-state index contributed by atoms with van der Waals surface area (Å²) in [5.41, 5.74) is 1.12. The van der Waals surface area contributed by atoms with E-state index in [2.05, 4.69) is 41.3 Å². The molecule has 3 heterocycles. The number of likely N-dealkylation sites (tertiary alicyclic amines) is 1. The van der Waals surface area contributed by atoms with Crippen LogP contribution in [-0.4, -0.2) is 45.4 Å². The monoisotopic (exact) mass is 383 g/mol. The molecule has 8 nitrogen and oxygen atoms in total. The van der Waals surface area contributed by atoms with Gasteiger partial charge in [0.05, 0.1) is 31.3 Å². The van der Waals surface area contributed by atoms with Crippen LogP contribution in [-0.2, 0) is 5.54 Å². The van der Waals surface area contributed by atoms with Crippen LogP contribution in [0.3, 0.4) is 0 Å². The maximum Gasteiger partial charge on any atom is 0.258 e. The summed E-state index contributed by atoms with van der Waals surface area (Å²) in [5, 5.41) is 13.5. The molecule has 0 unspecified atom stereocenters. The van der Waals surface area contributed by atoms with Crippen LogP contribution in [0.5, 0.6) is 5.75 Å². The molecule has 1 atom stereocenters. The van der Waals surface area contributed by atoms with E-state index in [1.807, 2.05) is 28.9 Å². The summed E-state index contributed by atoms with van der Waals surface area (Å²) in [6.45, 7) is 8.20. The van der Waals surface area contributed by atoms with Gasteiger partial charge in [-0.1, -0.05) is 0 Å². The van der Waals surface area contributed by atoms with E-state index in [4.69, 9.17) is 4.74 Å². The van der Waals surface area contributed by atoms with E-state index in [0.29, 0.717) is 5.56 Å². The summed E-state index contributed by atoms with van der Waals surface area (Å²) in [4.78, 5) is 17.4. The molecular weight excluding hydrogens is 356 g/mol. The second-order valence-corrected chi connectivity index (χ2v) is 8.43. The average molecular weight is 383 g/mol. The molecule has 2 N–H and O–H groups in total.